The minimum absolute atomic E-state index is 0.298. The van der Waals surface area contributed by atoms with Crippen LogP contribution >= 0.6 is 11.6 Å². The number of hydrogen-bond acceptors (Lipinski definition) is 7. The van der Waals surface area contributed by atoms with Crippen LogP contribution in [0.2, 0.25) is 5.02 Å². The van der Waals surface area contributed by atoms with E-state index in [1.54, 1.807) is 6.20 Å². The summed E-state index contributed by atoms with van der Waals surface area (Å²) in [7, 11) is 0. The maximum atomic E-state index is 9.70. The van der Waals surface area contributed by atoms with E-state index in [2.05, 4.69) is 32.0 Å². The number of nitrogens with one attached hydrogen (secondary N) is 3. The summed E-state index contributed by atoms with van der Waals surface area (Å²) >= 11 is 6.29. The first-order chi connectivity index (χ1) is 18.0. The van der Waals surface area contributed by atoms with Crippen molar-refractivity contribution in [1.82, 2.24) is 15.3 Å². The van der Waals surface area contributed by atoms with Gasteiger partial charge < -0.3 is 21.7 Å². The van der Waals surface area contributed by atoms with Gasteiger partial charge >= 0.3 is 0 Å². The molecule has 37 heavy (non-hydrogen) atoms. The van der Waals surface area contributed by atoms with Gasteiger partial charge in [0.1, 0.15) is 17.5 Å². The molecular weight excluding hydrogens is 482 g/mol. The van der Waals surface area contributed by atoms with Crippen molar-refractivity contribution in [3.63, 3.8) is 0 Å². The van der Waals surface area contributed by atoms with Crippen LogP contribution in [0.25, 0.3) is 0 Å². The normalized spacial score (nSPS) is 34.2. The number of aromatic nitrogens is 2. The lowest BCUT2D eigenvalue weighted by molar-refractivity contribution is -0.0729. The van der Waals surface area contributed by atoms with Gasteiger partial charge in [-0.3, -0.25) is 0 Å². The molecule has 7 nitrogen and oxygen atoms in total. The fourth-order valence-corrected chi connectivity index (χ4v) is 8.21. The molecular formula is C29H38ClN7. The van der Waals surface area contributed by atoms with Crippen molar-refractivity contribution < 1.29 is 0 Å². The van der Waals surface area contributed by atoms with E-state index in [0.29, 0.717) is 52.4 Å². The standard InChI is InChI=1S/C29H38ClN7/c30-25-4-2-1-3-19(25)15-33-28-34-16-22(14-31)27(37-28)35-17-29-11-18-9-20(12-29)26(21(10-18)13-29)36-24-7-5-23(32)6-8-24/h1-4,16,18,20-21,23-24,26,36H,5-13,15,17,32H2,(H2,33,34,35,37)/t18?,20-,21+,23-,24+,26-,29-. The predicted octanol–water partition coefficient (Wildman–Crippen LogP) is 5.08. The van der Waals surface area contributed by atoms with Crippen LogP contribution in [0.5, 0.6) is 0 Å². The number of nitrogens with zero attached hydrogens (tertiary/aromatic N) is 3. The Morgan fingerprint density at radius 3 is 2.54 bits per heavy atom. The summed E-state index contributed by atoms with van der Waals surface area (Å²) in [4.78, 5) is 9.04. The van der Waals surface area contributed by atoms with Gasteiger partial charge in [0, 0.05) is 36.2 Å². The van der Waals surface area contributed by atoms with Crippen molar-refractivity contribution >= 4 is 23.4 Å². The van der Waals surface area contributed by atoms with Crippen LogP contribution in [0.15, 0.2) is 30.5 Å². The molecule has 5 fully saturated rings. The van der Waals surface area contributed by atoms with Crippen molar-refractivity contribution in [1.29, 1.82) is 5.26 Å². The molecule has 4 bridgehead atoms. The number of rotatable bonds is 8. The molecule has 7 rings (SSSR count). The van der Waals surface area contributed by atoms with Gasteiger partial charge in [-0.2, -0.15) is 10.2 Å². The van der Waals surface area contributed by atoms with Gasteiger partial charge in [-0.25, -0.2) is 4.98 Å². The highest BCUT2D eigenvalue weighted by Gasteiger charge is 2.55. The third-order valence-electron chi connectivity index (χ3n) is 9.53. The number of nitriles is 1. The topological polar surface area (TPSA) is 112 Å². The van der Waals surface area contributed by atoms with E-state index in [4.69, 9.17) is 17.3 Å². The van der Waals surface area contributed by atoms with E-state index >= 15 is 0 Å². The average Bonchev–Trinajstić information content (AvgIpc) is 2.90. The van der Waals surface area contributed by atoms with Gasteiger partial charge in [0.05, 0.1) is 6.20 Å². The summed E-state index contributed by atoms with van der Waals surface area (Å²) < 4.78 is 0. The Morgan fingerprint density at radius 2 is 1.81 bits per heavy atom. The van der Waals surface area contributed by atoms with Gasteiger partial charge in [0.25, 0.3) is 0 Å². The summed E-state index contributed by atoms with van der Waals surface area (Å²) in [5, 5.41) is 21.4. The van der Waals surface area contributed by atoms with Crippen LogP contribution in [0.3, 0.4) is 0 Å². The lowest BCUT2D eigenvalue weighted by Crippen LogP contribution is -2.61. The molecule has 0 spiro atoms. The molecule has 1 unspecified atom stereocenters. The largest absolute Gasteiger partial charge is 0.368 e. The number of benzene rings is 1. The van der Waals surface area contributed by atoms with Crippen LogP contribution < -0.4 is 21.7 Å². The third kappa shape index (κ3) is 5.30. The molecule has 5 aliphatic carbocycles. The van der Waals surface area contributed by atoms with Crippen LogP contribution in [-0.4, -0.2) is 34.6 Å². The van der Waals surface area contributed by atoms with Gasteiger partial charge in [0.15, 0.2) is 0 Å². The summed E-state index contributed by atoms with van der Waals surface area (Å²) in [5.41, 5.74) is 7.92. The third-order valence-corrected chi connectivity index (χ3v) is 9.90. The molecule has 1 aromatic carbocycles. The van der Waals surface area contributed by atoms with Crippen molar-refractivity contribution in [2.75, 3.05) is 17.2 Å². The Bertz CT molecular complexity index is 1140. The minimum Gasteiger partial charge on any atom is -0.368 e. The van der Waals surface area contributed by atoms with E-state index in [-0.39, 0.29) is 0 Å². The highest BCUT2D eigenvalue weighted by Crippen LogP contribution is 2.60. The zero-order valence-corrected chi connectivity index (χ0v) is 22.2. The molecule has 5 atom stereocenters. The first-order valence-electron chi connectivity index (χ1n) is 14.0. The lowest BCUT2D eigenvalue weighted by atomic mass is 9.47. The Kier molecular flexibility index (Phi) is 7.00. The molecule has 5 saturated carbocycles. The molecule has 0 saturated heterocycles. The first-order valence-corrected chi connectivity index (χ1v) is 14.4. The Hall–Kier alpha value is -2.40. The van der Waals surface area contributed by atoms with E-state index < -0.39 is 0 Å². The van der Waals surface area contributed by atoms with Crippen LogP contribution in [0, 0.1) is 34.5 Å². The van der Waals surface area contributed by atoms with Gasteiger partial charge in [-0.05, 0) is 92.6 Å². The van der Waals surface area contributed by atoms with E-state index in [9.17, 15) is 5.26 Å². The fraction of sp³-hybridized carbons (Fsp3) is 0.621. The number of hydrogen-bond donors (Lipinski definition) is 4. The fourth-order valence-electron chi connectivity index (χ4n) is 8.01. The SMILES string of the molecule is N#Cc1cnc(NCc2ccccc2Cl)nc1NC[C@]12CC3C[C@H](C1)[C@@H](N[C@H]1CC[C@@H](N)CC1)[C@@H](C3)C2. The number of halogens is 1. The summed E-state index contributed by atoms with van der Waals surface area (Å²) in [6.07, 6.45) is 12.9. The Labute approximate surface area is 225 Å². The predicted molar refractivity (Wildman–Crippen MR) is 147 cm³/mol. The quantitative estimate of drug-likeness (QED) is 0.384. The highest BCUT2D eigenvalue weighted by atomic mass is 35.5. The van der Waals surface area contributed by atoms with Crippen molar-refractivity contribution in [3.8, 4) is 6.07 Å². The van der Waals surface area contributed by atoms with Gasteiger partial charge in [-0.15, -0.1) is 0 Å². The zero-order chi connectivity index (χ0) is 25.4. The Balaban J connectivity index is 1.11. The number of anilines is 2. The van der Waals surface area contributed by atoms with Crippen molar-refractivity contribution in [2.24, 2.45) is 28.9 Å². The Morgan fingerprint density at radius 1 is 1.05 bits per heavy atom. The zero-order valence-electron chi connectivity index (χ0n) is 21.4. The molecule has 0 radical (unpaired) electrons. The molecule has 1 aromatic heterocycles. The van der Waals surface area contributed by atoms with Gasteiger partial charge in [0.2, 0.25) is 5.95 Å². The van der Waals surface area contributed by atoms with Crippen molar-refractivity contribution in [3.05, 3.63) is 46.6 Å². The highest BCUT2D eigenvalue weighted by molar-refractivity contribution is 6.31. The second-order valence-corrected chi connectivity index (χ2v) is 12.5. The van der Waals surface area contributed by atoms with Crippen LogP contribution in [0.1, 0.15) is 68.9 Å². The first kappa shape index (κ1) is 24.9. The maximum absolute atomic E-state index is 9.70. The van der Waals surface area contributed by atoms with E-state index in [1.165, 1.54) is 44.9 Å². The molecule has 2 aromatic rings. The number of nitrogens with two attached hydrogens (primary N) is 1. The molecule has 8 heteroatoms. The van der Waals surface area contributed by atoms with Gasteiger partial charge in [-0.1, -0.05) is 29.8 Å². The van der Waals surface area contributed by atoms with E-state index in [1.807, 2.05) is 24.3 Å². The molecule has 5 N–H and O–H groups in total. The maximum Gasteiger partial charge on any atom is 0.224 e. The summed E-state index contributed by atoms with van der Waals surface area (Å²) in [5.74, 6) is 3.49. The minimum atomic E-state index is 0.298. The van der Waals surface area contributed by atoms with E-state index in [0.717, 1.165) is 42.7 Å². The lowest BCUT2D eigenvalue weighted by Gasteiger charge is -2.61. The van der Waals surface area contributed by atoms with Crippen LogP contribution in [-0.2, 0) is 6.54 Å². The molecule has 1 heterocycles. The van der Waals surface area contributed by atoms with Crippen molar-refractivity contribution in [2.45, 2.75) is 82.5 Å². The second kappa shape index (κ2) is 10.4. The smallest absolute Gasteiger partial charge is 0.224 e. The second-order valence-electron chi connectivity index (χ2n) is 12.1. The molecule has 5 aliphatic rings. The molecule has 0 aliphatic heterocycles. The summed E-state index contributed by atoms with van der Waals surface area (Å²) in [6, 6.07) is 11.7. The van der Waals surface area contributed by atoms with Crippen LogP contribution in [0.4, 0.5) is 11.8 Å². The summed E-state index contributed by atoms with van der Waals surface area (Å²) in [6.45, 7) is 1.40. The molecule has 196 valence electrons. The molecule has 0 amide bonds. The average molecular weight is 520 g/mol. The monoisotopic (exact) mass is 519 g/mol.